The van der Waals surface area contributed by atoms with Gasteiger partial charge in [-0.1, -0.05) is 55.0 Å². The lowest BCUT2D eigenvalue weighted by molar-refractivity contribution is -0.150. The van der Waals surface area contributed by atoms with E-state index in [0.29, 0.717) is 17.9 Å². The summed E-state index contributed by atoms with van der Waals surface area (Å²) < 4.78 is 7.36. The first kappa shape index (κ1) is 22.9. The van der Waals surface area contributed by atoms with Gasteiger partial charge in [0.2, 0.25) is 0 Å². The summed E-state index contributed by atoms with van der Waals surface area (Å²) in [5.41, 5.74) is 4.28. The average molecular weight is 463 g/mol. The van der Waals surface area contributed by atoms with Crippen LogP contribution in [0.4, 0.5) is 4.79 Å². The Balaban J connectivity index is 1.60. The summed E-state index contributed by atoms with van der Waals surface area (Å²) in [5.74, 6) is -1.05. The number of carbonyl (C=O) groups is 3. The number of hydrogen-bond acceptors (Lipinski definition) is 5. The van der Waals surface area contributed by atoms with Crippen molar-refractivity contribution < 1.29 is 19.1 Å². The van der Waals surface area contributed by atoms with Gasteiger partial charge in [0.25, 0.3) is 11.1 Å². The van der Waals surface area contributed by atoms with Crippen molar-refractivity contribution >= 4 is 45.9 Å². The van der Waals surface area contributed by atoms with Crippen LogP contribution in [-0.2, 0) is 20.9 Å². The lowest BCUT2D eigenvalue weighted by Gasteiger charge is -2.14. The summed E-state index contributed by atoms with van der Waals surface area (Å²) in [6.07, 6.45) is 4.14. The van der Waals surface area contributed by atoms with Gasteiger partial charge in [-0.15, -0.1) is 0 Å². The van der Waals surface area contributed by atoms with E-state index >= 15 is 0 Å². The molecule has 0 spiro atoms. The van der Waals surface area contributed by atoms with Crippen molar-refractivity contribution in [2.45, 2.75) is 39.8 Å². The fraction of sp³-hybridized carbons (Fsp3) is 0.269. The van der Waals surface area contributed by atoms with E-state index in [9.17, 15) is 14.4 Å². The van der Waals surface area contributed by atoms with Crippen LogP contribution >= 0.6 is 11.8 Å². The molecule has 0 unspecified atom stereocenters. The van der Waals surface area contributed by atoms with Gasteiger partial charge in [-0.25, -0.2) is 0 Å². The Bertz CT molecular complexity index is 1240. The Morgan fingerprint density at radius 3 is 2.58 bits per heavy atom. The van der Waals surface area contributed by atoms with Crippen LogP contribution in [-0.4, -0.2) is 39.2 Å². The van der Waals surface area contributed by atoms with Crippen LogP contribution in [0.3, 0.4) is 0 Å². The number of para-hydroxylation sites is 1. The molecular formula is C26H26N2O4S. The van der Waals surface area contributed by atoms with Crippen molar-refractivity contribution in [1.82, 2.24) is 9.47 Å². The number of thioether (sulfide) groups is 1. The number of aryl methyl sites for hydroxylation is 1. The second-order valence-corrected chi connectivity index (χ2v) is 9.18. The minimum Gasteiger partial charge on any atom is -0.461 e. The van der Waals surface area contributed by atoms with Gasteiger partial charge in [0.1, 0.15) is 6.54 Å². The molecule has 0 bridgehead atoms. The van der Waals surface area contributed by atoms with Crippen LogP contribution in [0.5, 0.6) is 0 Å². The van der Waals surface area contributed by atoms with Crippen LogP contribution in [0.1, 0.15) is 37.0 Å². The Kier molecular flexibility index (Phi) is 6.70. The minimum absolute atomic E-state index is 0.257. The molecule has 2 aromatic carbocycles. The summed E-state index contributed by atoms with van der Waals surface area (Å²) in [5, 5.41) is 0.531. The molecule has 4 rings (SSSR count). The SMILES string of the molecule is CC[C@H](C)OC(=O)CN1C(=O)S/C(=C\c2cn(Cc3ccc(C)cc3)c3ccccc23)C1=O. The number of imide groups is 1. The van der Waals surface area contributed by atoms with Crippen LogP contribution in [0.25, 0.3) is 17.0 Å². The third kappa shape index (κ3) is 5.03. The predicted molar refractivity (Wildman–Crippen MR) is 131 cm³/mol. The number of rotatable bonds is 7. The largest absolute Gasteiger partial charge is 0.461 e. The standard InChI is InChI=1S/C26H26N2O4S/c1-4-18(3)32-24(29)16-28-25(30)23(33-26(28)31)13-20-15-27(22-8-6-5-7-21(20)22)14-19-11-9-17(2)10-12-19/h5-13,15,18H,4,14,16H2,1-3H3/b23-13-/t18-/m0/s1. The molecule has 1 aliphatic rings. The molecule has 7 heteroatoms. The molecule has 0 saturated carbocycles. The number of fused-ring (bicyclic) bond motifs is 1. The highest BCUT2D eigenvalue weighted by Gasteiger charge is 2.37. The van der Waals surface area contributed by atoms with Gasteiger partial charge in [0, 0.05) is 29.2 Å². The van der Waals surface area contributed by atoms with E-state index in [0.717, 1.165) is 33.1 Å². The number of hydrogen-bond donors (Lipinski definition) is 0. The zero-order valence-electron chi connectivity index (χ0n) is 18.9. The summed E-state index contributed by atoms with van der Waals surface area (Å²) in [4.78, 5) is 38.7. The predicted octanol–water partition coefficient (Wildman–Crippen LogP) is 5.38. The molecule has 1 fully saturated rings. The third-order valence-electron chi connectivity index (χ3n) is 5.65. The molecule has 0 N–H and O–H groups in total. The molecular weight excluding hydrogens is 436 g/mol. The maximum absolute atomic E-state index is 12.9. The molecule has 1 atom stereocenters. The van der Waals surface area contributed by atoms with E-state index in [1.165, 1.54) is 11.1 Å². The highest BCUT2D eigenvalue weighted by molar-refractivity contribution is 8.18. The molecule has 0 radical (unpaired) electrons. The van der Waals surface area contributed by atoms with Crippen LogP contribution in [0, 0.1) is 6.92 Å². The Hall–Kier alpha value is -3.32. The maximum Gasteiger partial charge on any atom is 0.326 e. The Morgan fingerprint density at radius 1 is 1.12 bits per heavy atom. The fourth-order valence-corrected chi connectivity index (χ4v) is 4.49. The van der Waals surface area contributed by atoms with Gasteiger partial charge in [0.15, 0.2) is 0 Å². The first-order valence-electron chi connectivity index (χ1n) is 10.9. The molecule has 1 aromatic heterocycles. The van der Waals surface area contributed by atoms with Crippen molar-refractivity contribution in [1.29, 1.82) is 0 Å². The highest BCUT2D eigenvalue weighted by atomic mass is 32.2. The van der Waals surface area contributed by atoms with E-state index in [1.807, 2.05) is 37.4 Å². The van der Waals surface area contributed by atoms with E-state index in [-0.39, 0.29) is 12.6 Å². The molecule has 1 aliphatic heterocycles. The lowest BCUT2D eigenvalue weighted by Crippen LogP contribution is -2.35. The Morgan fingerprint density at radius 2 is 1.85 bits per heavy atom. The summed E-state index contributed by atoms with van der Waals surface area (Å²) in [6.45, 7) is 6.05. The molecule has 2 heterocycles. The van der Waals surface area contributed by atoms with Crippen LogP contribution < -0.4 is 0 Å². The summed E-state index contributed by atoms with van der Waals surface area (Å²) in [7, 11) is 0. The molecule has 2 amide bonds. The second kappa shape index (κ2) is 9.67. The van der Waals surface area contributed by atoms with E-state index < -0.39 is 17.1 Å². The molecule has 0 aliphatic carbocycles. The number of benzene rings is 2. The topological polar surface area (TPSA) is 68.6 Å². The van der Waals surface area contributed by atoms with Gasteiger partial charge < -0.3 is 9.30 Å². The summed E-state index contributed by atoms with van der Waals surface area (Å²) in [6, 6.07) is 16.4. The molecule has 1 saturated heterocycles. The molecule has 170 valence electrons. The summed E-state index contributed by atoms with van der Waals surface area (Å²) >= 11 is 0.848. The molecule has 3 aromatic rings. The normalized spacial score (nSPS) is 16.1. The molecule has 33 heavy (non-hydrogen) atoms. The van der Waals surface area contributed by atoms with Crippen molar-refractivity contribution in [3.8, 4) is 0 Å². The first-order chi connectivity index (χ1) is 15.9. The van der Waals surface area contributed by atoms with Gasteiger partial charge in [-0.3, -0.25) is 19.3 Å². The monoisotopic (exact) mass is 462 g/mol. The smallest absolute Gasteiger partial charge is 0.326 e. The third-order valence-corrected chi connectivity index (χ3v) is 6.56. The van der Waals surface area contributed by atoms with Gasteiger partial charge in [-0.05, 0) is 49.7 Å². The first-order valence-corrected chi connectivity index (χ1v) is 11.8. The van der Waals surface area contributed by atoms with Gasteiger partial charge >= 0.3 is 5.97 Å². The number of ether oxygens (including phenoxy) is 1. The van der Waals surface area contributed by atoms with E-state index in [4.69, 9.17) is 4.74 Å². The number of aromatic nitrogens is 1. The van der Waals surface area contributed by atoms with Crippen molar-refractivity contribution in [3.05, 3.63) is 76.3 Å². The lowest BCUT2D eigenvalue weighted by atomic mass is 10.1. The van der Waals surface area contributed by atoms with Crippen molar-refractivity contribution in [2.75, 3.05) is 6.54 Å². The quantitative estimate of drug-likeness (QED) is 0.348. The number of carbonyl (C=O) groups excluding carboxylic acids is 3. The van der Waals surface area contributed by atoms with Gasteiger partial charge in [-0.2, -0.15) is 0 Å². The number of amides is 2. The van der Waals surface area contributed by atoms with Crippen molar-refractivity contribution in [2.24, 2.45) is 0 Å². The second-order valence-electron chi connectivity index (χ2n) is 8.19. The average Bonchev–Trinajstić information content (AvgIpc) is 3.27. The minimum atomic E-state index is -0.581. The van der Waals surface area contributed by atoms with Crippen LogP contribution in [0.15, 0.2) is 59.6 Å². The zero-order chi connectivity index (χ0) is 23.5. The van der Waals surface area contributed by atoms with Crippen LogP contribution in [0.2, 0.25) is 0 Å². The number of nitrogens with zero attached hydrogens (tertiary/aromatic N) is 2. The Labute approximate surface area is 197 Å². The van der Waals surface area contributed by atoms with Crippen molar-refractivity contribution in [3.63, 3.8) is 0 Å². The zero-order valence-corrected chi connectivity index (χ0v) is 19.7. The van der Waals surface area contributed by atoms with E-state index in [2.05, 4.69) is 35.8 Å². The number of esters is 1. The highest BCUT2D eigenvalue weighted by Crippen LogP contribution is 2.34. The van der Waals surface area contributed by atoms with E-state index in [1.54, 1.807) is 13.0 Å². The van der Waals surface area contributed by atoms with Gasteiger partial charge in [0.05, 0.1) is 11.0 Å². The molecule has 6 nitrogen and oxygen atoms in total. The maximum atomic E-state index is 12.9. The fourth-order valence-electron chi connectivity index (χ4n) is 3.66.